The van der Waals surface area contributed by atoms with Crippen LogP contribution in [0.3, 0.4) is 0 Å². The molecule has 0 unspecified atom stereocenters. The summed E-state index contributed by atoms with van der Waals surface area (Å²) in [7, 11) is 0. The molecule has 0 saturated carbocycles. The fourth-order valence-corrected chi connectivity index (χ4v) is 4.08. The van der Waals surface area contributed by atoms with Gasteiger partial charge in [0.1, 0.15) is 11.9 Å². The minimum Gasteiger partial charge on any atom is -0.359 e. The Hall–Kier alpha value is -3.12. The molecule has 0 aliphatic carbocycles. The molecule has 3 aromatic rings. The zero-order valence-electron chi connectivity index (χ0n) is 16.0. The van der Waals surface area contributed by atoms with Gasteiger partial charge in [-0.1, -0.05) is 73.3 Å². The molecule has 5 nitrogen and oxygen atoms in total. The Bertz CT molecular complexity index is 1170. The van der Waals surface area contributed by atoms with E-state index in [9.17, 15) is 0 Å². The van der Waals surface area contributed by atoms with E-state index in [2.05, 4.69) is 53.8 Å². The van der Waals surface area contributed by atoms with Crippen LogP contribution in [0.2, 0.25) is 0 Å². The number of anilines is 1. The predicted molar refractivity (Wildman–Crippen MR) is 122 cm³/mol. The lowest BCUT2D eigenvalue weighted by molar-refractivity contribution is 0.330. The van der Waals surface area contributed by atoms with Crippen LogP contribution in [0.1, 0.15) is 30.6 Å². The fourth-order valence-electron chi connectivity index (χ4n) is 3.45. The Balaban J connectivity index is 1.58. The lowest BCUT2D eigenvalue weighted by Crippen LogP contribution is -2.22. The molecule has 5 rings (SSSR count). The normalized spacial score (nSPS) is 17.7. The van der Waals surface area contributed by atoms with Gasteiger partial charge in [0.15, 0.2) is 0 Å². The van der Waals surface area contributed by atoms with Gasteiger partial charge in [-0.2, -0.15) is 0 Å². The minimum atomic E-state index is -0.288. The van der Waals surface area contributed by atoms with Gasteiger partial charge in [0, 0.05) is 17.0 Å². The van der Waals surface area contributed by atoms with Gasteiger partial charge in [-0.15, -0.1) is 0 Å². The van der Waals surface area contributed by atoms with Crippen molar-refractivity contribution in [1.82, 2.24) is 0 Å². The van der Waals surface area contributed by atoms with Crippen LogP contribution in [0.15, 0.2) is 81.9 Å². The molecule has 1 N–H and O–H groups in total. The van der Waals surface area contributed by atoms with Gasteiger partial charge in [0.25, 0.3) is 5.90 Å². The quantitative estimate of drug-likeness (QED) is 0.623. The van der Waals surface area contributed by atoms with Gasteiger partial charge < -0.3 is 10.2 Å². The topological polar surface area (TPSA) is 58.3 Å². The fraction of sp³-hybridized carbons (Fsp3) is 0.174. The largest absolute Gasteiger partial charge is 0.359 e. The number of fused-ring (bicyclic) bond motifs is 4. The number of oxime groups is 1. The van der Waals surface area contributed by atoms with Crippen molar-refractivity contribution in [2.24, 2.45) is 15.1 Å². The number of hydrogen-bond donors (Lipinski definition) is 1. The molecule has 2 aliphatic heterocycles. The molecule has 144 valence electrons. The summed E-state index contributed by atoms with van der Waals surface area (Å²) >= 11 is 1.60. The standard InChI is InChI=1S/C23H20N4OS/c1-2-13-29-23-25-20-18-9-5-6-10-19(18)24-21(26-22(20)28-27-23)17-12-11-15-7-3-4-8-16(15)14-17/h3-12,14,21,24H,2,13H2,1H3/t21-/m1/s1. The van der Waals surface area contributed by atoms with Crippen LogP contribution in [0.4, 0.5) is 5.69 Å². The van der Waals surface area contributed by atoms with E-state index < -0.39 is 0 Å². The summed E-state index contributed by atoms with van der Waals surface area (Å²) in [5.41, 5.74) is 3.74. The van der Waals surface area contributed by atoms with Gasteiger partial charge in [0.2, 0.25) is 5.17 Å². The van der Waals surface area contributed by atoms with Crippen molar-refractivity contribution in [2.75, 3.05) is 11.1 Å². The molecule has 0 amide bonds. The third-order valence-corrected chi connectivity index (χ3v) is 5.90. The molecule has 0 spiro atoms. The lowest BCUT2D eigenvalue weighted by Gasteiger charge is -2.16. The minimum absolute atomic E-state index is 0.288. The number of amidine groups is 1. The van der Waals surface area contributed by atoms with Crippen LogP contribution in [0.25, 0.3) is 10.8 Å². The van der Waals surface area contributed by atoms with Gasteiger partial charge in [0.05, 0.1) is 0 Å². The van der Waals surface area contributed by atoms with Gasteiger partial charge in [-0.3, -0.25) is 0 Å². The predicted octanol–water partition coefficient (Wildman–Crippen LogP) is 5.60. The van der Waals surface area contributed by atoms with E-state index in [4.69, 9.17) is 14.8 Å². The molecule has 2 heterocycles. The van der Waals surface area contributed by atoms with Crippen molar-refractivity contribution in [1.29, 1.82) is 0 Å². The molecule has 0 aromatic heterocycles. The lowest BCUT2D eigenvalue weighted by atomic mass is 10.0. The molecule has 0 saturated heterocycles. The average Bonchev–Trinajstić information content (AvgIpc) is 2.94. The number of para-hydroxylation sites is 1. The van der Waals surface area contributed by atoms with Crippen molar-refractivity contribution in [3.63, 3.8) is 0 Å². The molecule has 6 heteroatoms. The Morgan fingerprint density at radius 3 is 2.72 bits per heavy atom. The second kappa shape index (κ2) is 7.72. The van der Waals surface area contributed by atoms with E-state index >= 15 is 0 Å². The first-order valence-corrected chi connectivity index (χ1v) is 10.7. The number of nitrogens with one attached hydrogen (secondary N) is 1. The molecular weight excluding hydrogens is 380 g/mol. The summed E-state index contributed by atoms with van der Waals surface area (Å²) in [6.07, 6.45) is 0.765. The first kappa shape index (κ1) is 17.9. The number of rotatable bonds is 3. The van der Waals surface area contributed by atoms with Crippen molar-refractivity contribution in [2.45, 2.75) is 19.5 Å². The number of thioether (sulfide) groups is 1. The van der Waals surface area contributed by atoms with Crippen molar-refractivity contribution >= 4 is 45.0 Å². The summed E-state index contributed by atoms with van der Waals surface area (Å²) in [6, 6.07) is 22.8. The Labute approximate surface area is 173 Å². The molecular formula is C23H20N4OS. The van der Waals surface area contributed by atoms with Crippen molar-refractivity contribution < 1.29 is 4.84 Å². The zero-order valence-corrected chi connectivity index (χ0v) is 16.8. The highest BCUT2D eigenvalue weighted by Crippen LogP contribution is 2.31. The average molecular weight is 401 g/mol. The highest BCUT2D eigenvalue weighted by molar-refractivity contribution is 8.13. The van der Waals surface area contributed by atoms with Crippen LogP contribution < -0.4 is 5.32 Å². The monoisotopic (exact) mass is 400 g/mol. The third-order valence-electron chi connectivity index (χ3n) is 4.87. The van der Waals surface area contributed by atoms with Crippen molar-refractivity contribution in [3.05, 3.63) is 77.9 Å². The number of aliphatic imine (C=N–C) groups is 2. The summed E-state index contributed by atoms with van der Waals surface area (Å²) in [6.45, 7) is 2.14. The molecule has 3 aromatic carbocycles. The van der Waals surface area contributed by atoms with Gasteiger partial charge in [-0.25, -0.2) is 9.98 Å². The highest BCUT2D eigenvalue weighted by atomic mass is 32.2. The van der Waals surface area contributed by atoms with E-state index in [1.165, 1.54) is 10.8 Å². The Morgan fingerprint density at radius 1 is 1.00 bits per heavy atom. The van der Waals surface area contributed by atoms with E-state index in [0.717, 1.165) is 34.7 Å². The van der Waals surface area contributed by atoms with E-state index in [0.29, 0.717) is 11.1 Å². The SMILES string of the molecule is CCCSC1=NOC2=N[C@H](c3ccc4ccccc4c3)Nc3ccccc3C2=N1. The molecule has 0 fully saturated rings. The van der Waals surface area contributed by atoms with Gasteiger partial charge >= 0.3 is 0 Å². The Morgan fingerprint density at radius 2 is 1.83 bits per heavy atom. The van der Waals surface area contributed by atoms with Crippen molar-refractivity contribution in [3.8, 4) is 0 Å². The second-order valence-electron chi connectivity index (χ2n) is 6.91. The second-order valence-corrected chi connectivity index (χ2v) is 7.97. The third kappa shape index (κ3) is 3.51. The summed E-state index contributed by atoms with van der Waals surface area (Å²) in [5, 5.41) is 10.7. The summed E-state index contributed by atoms with van der Waals surface area (Å²) < 4.78 is 0. The first-order chi connectivity index (χ1) is 14.3. The van der Waals surface area contributed by atoms with Crippen LogP contribution in [0, 0.1) is 0 Å². The smallest absolute Gasteiger partial charge is 0.273 e. The summed E-state index contributed by atoms with van der Waals surface area (Å²) in [5.74, 6) is 1.40. The van der Waals surface area contributed by atoms with E-state index in [-0.39, 0.29) is 6.17 Å². The van der Waals surface area contributed by atoms with Crippen LogP contribution in [-0.4, -0.2) is 22.5 Å². The molecule has 2 aliphatic rings. The molecule has 0 radical (unpaired) electrons. The number of hydrogen-bond acceptors (Lipinski definition) is 6. The number of benzene rings is 3. The van der Waals surface area contributed by atoms with E-state index in [1.807, 2.05) is 30.3 Å². The Kier molecular flexibility index (Phi) is 4.77. The van der Waals surface area contributed by atoms with Crippen LogP contribution >= 0.6 is 11.8 Å². The number of nitrogens with zero attached hydrogens (tertiary/aromatic N) is 3. The maximum atomic E-state index is 5.71. The highest BCUT2D eigenvalue weighted by Gasteiger charge is 2.28. The first-order valence-electron chi connectivity index (χ1n) is 9.71. The zero-order chi connectivity index (χ0) is 19.6. The van der Waals surface area contributed by atoms with Crippen LogP contribution in [0.5, 0.6) is 0 Å². The van der Waals surface area contributed by atoms with E-state index in [1.54, 1.807) is 11.8 Å². The van der Waals surface area contributed by atoms with Crippen LogP contribution in [-0.2, 0) is 4.84 Å². The van der Waals surface area contributed by atoms with Gasteiger partial charge in [-0.05, 0) is 40.0 Å². The molecule has 0 bridgehead atoms. The maximum absolute atomic E-state index is 5.71. The molecule has 29 heavy (non-hydrogen) atoms. The maximum Gasteiger partial charge on any atom is 0.273 e. The molecule has 1 atom stereocenters. The summed E-state index contributed by atoms with van der Waals surface area (Å²) in [4.78, 5) is 15.3.